The Morgan fingerprint density at radius 1 is 1.22 bits per heavy atom. The van der Waals surface area contributed by atoms with E-state index < -0.39 is 30.2 Å². The highest BCUT2D eigenvalue weighted by Crippen LogP contribution is 2.37. The molecule has 0 radical (unpaired) electrons. The van der Waals surface area contributed by atoms with Crippen LogP contribution < -0.4 is 10.6 Å². The summed E-state index contributed by atoms with van der Waals surface area (Å²) < 4.78 is 5.63. The maximum atomic E-state index is 12.7. The molecule has 1 saturated heterocycles. The van der Waals surface area contributed by atoms with Crippen LogP contribution in [-0.2, 0) is 14.4 Å². The minimum atomic E-state index is -1.30. The van der Waals surface area contributed by atoms with E-state index in [1.807, 2.05) is 17.5 Å². The Balaban J connectivity index is 1.31. The van der Waals surface area contributed by atoms with E-state index in [0.717, 1.165) is 10.1 Å². The number of benzene rings is 1. The minimum Gasteiger partial charge on any atom is -0.481 e. The maximum absolute atomic E-state index is 12.7. The zero-order chi connectivity index (χ0) is 26.5. The number of carboxylic acid groups (broad SMARTS) is 1. The lowest BCUT2D eigenvalue weighted by atomic mass is 10.0. The Hall–Kier alpha value is -3.41. The lowest BCUT2D eigenvalue weighted by molar-refractivity contribution is -0.140. The van der Waals surface area contributed by atoms with E-state index in [1.54, 1.807) is 11.0 Å². The van der Waals surface area contributed by atoms with Crippen LogP contribution in [0.2, 0.25) is 10.0 Å². The fourth-order valence-electron chi connectivity index (χ4n) is 3.95. The van der Waals surface area contributed by atoms with Gasteiger partial charge in [-0.25, -0.2) is 0 Å². The van der Waals surface area contributed by atoms with Crippen LogP contribution in [0.1, 0.15) is 35.4 Å². The van der Waals surface area contributed by atoms with Crippen LogP contribution in [-0.4, -0.2) is 64.0 Å². The average Bonchev–Trinajstić information content (AvgIpc) is 3.57. The number of fused-ring (bicyclic) bond motifs is 1. The second-order valence-electron chi connectivity index (χ2n) is 8.37. The van der Waals surface area contributed by atoms with Gasteiger partial charge in [-0.3, -0.25) is 19.2 Å². The first-order chi connectivity index (χ1) is 17.7. The molecule has 3 amide bonds. The molecule has 4 rings (SSSR count). The van der Waals surface area contributed by atoms with E-state index in [4.69, 9.17) is 32.8 Å². The molecule has 13 heteroatoms. The molecule has 194 valence electrons. The SMILES string of the molecule is O=C(O)C[C@H](NC(=O)c1ccno1)C(=O)NC1CCN(C(=O)/C=C/c2cc3ccsc3c(Cl)c2Cl)CC1. The number of likely N-dealkylation sites (tertiary alicyclic amines) is 1. The topological polar surface area (TPSA) is 142 Å². The van der Waals surface area contributed by atoms with Crippen molar-refractivity contribution in [1.82, 2.24) is 20.7 Å². The van der Waals surface area contributed by atoms with Gasteiger partial charge in [-0.15, -0.1) is 11.3 Å². The molecule has 1 fully saturated rings. The van der Waals surface area contributed by atoms with E-state index in [-0.39, 0.29) is 17.7 Å². The fourth-order valence-corrected chi connectivity index (χ4v) is 5.39. The Morgan fingerprint density at radius 2 is 1.97 bits per heavy atom. The number of amides is 3. The van der Waals surface area contributed by atoms with E-state index in [2.05, 4.69) is 15.8 Å². The van der Waals surface area contributed by atoms with Crippen molar-refractivity contribution in [2.24, 2.45) is 0 Å². The molecule has 0 unspecified atom stereocenters. The molecule has 1 aromatic carbocycles. The lowest BCUT2D eigenvalue weighted by Crippen LogP contribution is -2.53. The molecule has 3 heterocycles. The predicted octanol–water partition coefficient (Wildman–Crippen LogP) is 3.59. The zero-order valence-electron chi connectivity index (χ0n) is 19.3. The normalized spacial score (nSPS) is 15.1. The fraction of sp³-hybridized carbons (Fsp3) is 0.292. The number of rotatable bonds is 8. The van der Waals surface area contributed by atoms with Gasteiger partial charge < -0.3 is 25.2 Å². The molecule has 0 saturated carbocycles. The number of hydrogen-bond donors (Lipinski definition) is 3. The summed E-state index contributed by atoms with van der Waals surface area (Å²) in [6.45, 7) is 0.778. The van der Waals surface area contributed by atoms with Gasteiger partial charge in [0.15, 0.2) is 0 Å². The molecule has 3 aromatic rings. The van der Waals surface area contributed by atoms with E-state index >= 15 is 0 Å². The number of carbonyl (C=O) groups excluding carboxylic acids is 3. The van der Waals surface area contributed by atoms with Gasteiger partial charge in [0.05, 0.1) is 27.4 Å². The number of thiophene rings is 1. The second kappa shape index (κ2) is 11.8. The van der Waals surface area contributed by atoms with Crippen LogP contribution in [0, 0.1) is 0 Å². The highest BCUT2D eigenvalue weighted by molar-refractivity contribution is 7.18. The van der Waals surface area contributed by atoms with Crippen molar-refractivity contribution in [3.63, 3.8) is 0 Å². The number of aliphatic carboxylic acids is 1. The van der Waals surface area contributed by atoms with Crippen molar-refractivity contribution in [1.29, 1.82) is 0 Å². The van der Waals surface area contributed by atoms with Crippen LogP contribution in [0.25, 0.3) is 16.2 Å². The molecule has 1 aliphatic rings. The van der Waals surface area contributed by atoms with Crippen molar-refractivity contribution in [2.45, 2.75) is 31.3 Å². The summed E-state index contributed by atoms with van der Waals surface area (Å²) in [6, 6.07) is 3.53. The van der Waals surface area contributed by atoms with E-state index in [1.165, 1.54) is 29.7 Å². The summed E-state index contributed by atoms with van der Waals surface area (Å²) in [6.07, 6.45) is 4.67. The number of piperidine rings is 1. The van der Waals surface area contributed by atoms with Gasteiger partial charge in [-0.2, -0.15) is 0 Å². The summed E-state index contributed by atoms with van der Waals surface area (Å²) in [7, 11) is 0. The number of nitrogens with zero attached hydrogens (tertiary/aromatic N) is 2. The van der Waals surface area contributed by atoms with Gasteiger partial charge in [-0.1, -0.05) is 28.4 Å². The smallest absolute Gasteiger partial charge is 0.305 e. The van der Waals surface area contributed by atoms with Gasteiger partial charge in [0.2, 0.25) is 17.6 Å². The van der Waals surface area contributed by atoms with Crippen LogP contribution in [0.3, 0.4) is 0 Å². The van der Waals surface area contributed by atoms with Crippen LogP contribution in [0.4, 0.5) is 0 Å². The van der Waals surface area contributed by atoms with Gasteiger partial charge in [0.1, 0.15) is 6.04 Å². The average molecular weight is 565 g/mol. The summed E-state index contributed by atoms with van der Waals surface area (Å²) in [5.41, 5.74) is 0.643. The largest absolute Gasteiger partial charge is 0.481 e. The molecule has 1 atom stereocenters. The molecule has 0 aliphatic carbocycles. The summed E-state index contributed by atoms with van der Waals surface area (Å²) in [5, 5.41) is 21.4. The van der Waals surface area contributed by atoms with Gasteiger partial charge in [0, 0.05) is 31.3 Å². The monoisotopic (exact) mass is 564 g/mol. The second-order valence-corrected chi connectivity index (χ2v) is 10.0. The van der Waals surface area contributed by atoms with Crippen molar-refractivity contribution < 1.29 is 28.8 Å². The Labute approximate surface area is 225 Å². The van der Waals surface area contributed by atoms with Gasteiger partial charge in [0.25, 0.3) is 5.91 Å². The minimum absolute atomic E-state index is 0.137. The highest BCUT2D eigenvalue weighted by atomic mass is 35.5. The Kier molecular flexibility index (Phi) is 8.47. The molecule has 0 bridgehead atoms. The lowest BCUT2D eigenvalue weighted by Gasteiger charge is -2.32. The Morgan fingerprint density at radius 3 is 2.65 bits per heavy atom. The number of carbonyl (C=O) groups is 4. The first-order valence-electron chi connectivity index (χ1n) is 11.3. The molecule has 1 aliphatic heterocycles. The highest BCUT2D eigenvalue weighted by Gasteiger charge is 2.29. The summed E-state index contributed by atoms with van der Waals surface area (Å²) >= 11 is 14.2. The molecule has 37 heavy (non-hydrogen) atoms. The van der Waals surface area contributed by atoms with Crippen LogP contribution in [0.5, 0.6) is 0 Å². The Bertz CT molecular complexity index is 1350. The van der Waals surface area contributed by atoms with Crippen molar-refractivity contribution in [2.75, 3.05) is 13.1 Å². The number of nitrogens with one attached hydrogen (secondary N) is 2. The molecule has 3 N–H and O–H groups in total. The number of hydrogen-bond acceptors (Lipinski definition) is 7. The maximum Gasteiger partial charge on any atom is 0.305 e. The van der Waals surface area contributed by atoms with Crippen LogP contribution >= 0.6 is 34.5 Å². The summed E-state index contributed by atoms with van der Waals surface area (Å²) in [5.74, 6) is -2.96. The van der Waals surface area contributed by atoms with Crippen LogP contribution in [0.15, 0.2) is 40.4 Å². The molecule has 0 spiro atoms. The summed E-state index contributed by atoms with van der Waals surface area (Å²) in [4.78, 5) is 50.5. The predicted molar refractivity (Wildman–Crippen MR) is 139 cm³/mol. The quantitative estimate of drug-likeness (QED) is 0.355. The molecular formula is C24H22Cl2N4O6S. The zero-order valence-corrected chi connectivity index (χ0v) is 21.6. The van der Waals surface area contributed by atoms with E-state index in [0.29, 0.717) is 41.5 Å². The third kappa shape index (κ3) is 6.48. The third-order valence-electron chi connectivity index (χ3n) is 5.87. The van der Waals surface area contributed by atoms with Crippen molar-refractivity contribution >= 4 is 74.4 Å². The van der Waals surface area contributed by atoms with E-state index in [9.17, 15) is 19.2 Å². The number of aromatic nitrogens is 1. The molecule has 10 nitrogen and oxygen atoms in total. The number of halogens is 2. The molecular weight excluding hydrogens is 543 g/mol. The van der Waals surface area contributed by atoms with Gasteiger partial charge >= 0.3 is 5.97 Å². The van der Waals surface area contributed by atoms with Crippen molar-refractivity contribution in [3.8, 4) is 0 Å². The molecule has 2 aromatic heterocycles. The third-order valence-corrected chi connectivity index (χ3v) is 7.81. The first-order valence-corrected chi connectivity index (χ1v) is 12.9. The van der Waals surface area contributed by atoms with Crippen molar-refractivity contribution in [3.05, 3.63) is 57.2 Å². The standard InChI is InChI=1S/C24H22Cl2N4O6S/c25-20-13(11-14-6-10-37-22(14)21(20)26)1-2-18(31)30-8-4-15(5-9-30)28-23(34)16(12-19(32)33)29-24(35)17-3-7-27-36-17/h1-3,6-7,10-11,15-16H,4-5,8-9,12H2,(H,28,34)(H,29,35)(H,32,33)/b2-1+/t16-/m0/s1. The van der Waals surface area contributed by atoms with Gasteiger partial charge in [-0.05, 0) is 47.4 Å². The number of carboxylic acids is 1. The first kappa shape index (κ1) is 26.6.